The van der Waals surface area contributed by atoms with E-state index in [1.54, 1.807) is 13.8 Å². The van der Waals surface area contributed by atoms with Crippen molar-refractivity contribution < 1.29 is 34.0 Å². The Kier molecular flexibility index (Phi) is 3.61. The van der Waals surface area contributed by atoms with E-state index in [-0.39, 0.29) is 0 Å². The summed E-state index contributed by atoms with van der Waals surface area (Å²) >= 11 is 0. The predicted octanol–water partition coefficient (Wildman–Crippen LogP) is -0.852. The van der Waals surface area contributed by atoms with E-state index in [4.69, 9.17) is 24.1 Å². The van der Waals surface area contributed by atoms with Crippen molar-refractivity contribution >= 4 is 5.97 Å². The molecular weight excluding hydrogens is 244 g/mol. The highest BCUT2D eigenvalue weighted by Crippen LogP contribution is 2.39. The first kappa shape index (κ1) is 13.7. The van der Waals surface area contributed by atoms with Crippen LogP contribution < -0.4 is 0 Å². The molecule has 2 rings (SSSR count). The van der Waals surface area contributed by atoms with Gasteiger partial charge in [-0.05, 0) is 13.8 Å². The summed E-state index contributed by atoms with van der Waals surface area (Å²) in [5, 5.41) is 18.6. The van der Waals surface area contributed by atoms with Crippen LogP contribution >= 0.6 is 0 Å². The van der Waals surface area contributed by atoms with Gasteiger partial charge in [-0.2, -0.15) is 0 Å². The van der Waals surface area contributed by atoms with Crippen molar-refractivity contribution in [3.05, 3.63) is 0 Å². The average Bonchev–Trinajstić information content (AvgIpc) is 2.71. The van der Waals surface area contributed by atoms with Gasteiger partial charge in [0, 0.05) is 6.92 Å². The fraction of sp³-hybridized carbons (Fsp3) is 0.909. The molecule has 2 fully saturated rings. The molecule has 2 N–H and O–H groups in total. The van der Waals surface area contributed by atoms with Crippen LogP contribution in [0.2, 0.25) is 0 Å². The molecular formula is C11H18O7. The Morgan fingerprint density at radius 1 is 1.44 bits per heavy atom. The van der Waals surface area contributed by atoms with Crippen LogP contribution in [-0.4, -0.2) is 59.3 Å². The molecule has 2 saturated heterocycles. The molecule has 0 aromatic carbocycles. The fourth-order valence-electron chi connectivity index (χ4n) is 2.24. The molecule has 0 aromatic rings. The topological polar surface area (TPSA) is 94.5 Å². The second-order valence-corrected chi connectivity index (χ2v) is 4.89. The fourth-order valence-corrected chi connectivity index (χ4v) is 2.24. The van der Waals surface area contributed by atoms with E-state index in [0.29, 0.717) is 0 Å². The van der Waals surface area contributed by atoms with Crippen LogP contribution in [0.5, 0.6) is 0 Å². The quantitative estimate of drug-likeness (QED) is 0.639. The molecule has 0 amide bonds. The predicted molar refractivity (Wildman–Crippen MR) is 57.3 cm³/mol. The van der Waals surface area contributed by atoms with Crippen molar-refractivity contribution in [3.63, 3.8) is 0 Å². The summed E-state index contributed by atoms with van der Waals surface area (Å²) in [5.41, 5.74) is 0. The number of aliphatic hydroxyl groups is 2. The lowest BCUT2D eigenvalue weighted by atomic mass is 10.1. The molecule has 0 bridgehead atoms. The number of hydrogen-bond donors (Lipinski definition) is 2. The minimum absolute atomic E-state index is 0.495. The number of aliphatic hydroxyl groups excluding tert-OH is 2. The first-order valence-electron chi connectivity index (χ1n) is 5.81. The second kappa shape index (κ2) is 4.75. The average molecular weight is 262 g/mol. The smallest absolute Gasteiger partial charge is 0.303 e. The molecule has 0 aliphatic carbocycles. The Balaban J connectivity index is 2.14. The number of esters is 1. The molecule has 1 unspecified atom stereocenters. The van der Waals surface area contributed by atoms with Gasteiger partial charge < -0.3 is 29.2 Å². The van der Waals surface area contributed by atoms with Gasteiger partial charge in [0.1, 0.15) is 12.2 Å². The maximum absolute atomic E-state index is 11.1. The van der Waals surface area contributed by atoms with E-state index >= 15 is 0 Å². The third-order valence-corrected chi connectivity index (χ3v) is 2.90. The first-order valence-corrected chi connectivity index (χ1v) is 5.81. The molecule has 2 aliphatic heterocycles. The number of carbonyl (C=O) groups excluding carboxylic acids is 1. The summed E-state index contributed by atoms with van der Waals surface area (Å²) < 4.78 is 21.6. The van der Waals surface area contributed by atoms with Crippen LogP contribution in [0, 0.1) is 0 Å². The number of ether oxygens (including phenoxy) is 4. The van der Waals surface area contributed by atoms with Crippen LogP contribution in [0.25, 0.3) is 0 Å². The Hall–Kier alpha value is -0.730. The molecule has 7 heteroatoms. The molecule has 0 spiro atoms. The maximum atomic E-state index is 11.1. The molecule has 0 radical (unpaired) electrons. The van der Waals surface area contributed by atoms with Gasteiger partial charge in [-0.3, -0.25) is 4.79 Å². The zero-order chi connectivity index (χ0) is 13.5. The first-order chi connectivity index (χ1) is 8.34. The Morgan fingerprint density at radius 2 is 2.11 bits per heavy atom. The number of fused-ring (bicyclic) bond motifs is 1. The monoisotopic (exact) mass is 262 g/mol. The minimum atomic E-state index is -1.16. The summed E-state index contributed by atoms with van der Waals surface area (Å²) in [5.74, 6) is -1.34. The highest BCUT2D eigenvalue weighted by atomic mass is 16.8. The van der Waals surface area contributed by atoms with Gasteiger partial charge in [-0.25, -0.2) is 0 Å². The largest absolute Gasteiger partial charge is 0.457 e. The number of rotatable bonds is 3. The normalized spacial score (nSPS) is 39.4. The summed E-state index contributed by atoms with van der Waals surface area (Å²) in [6.45, 7) is 4.20. The maximum Gasteiger partial charge on any atom is 0.303 e. The summed E-state index contributed by atoms with van der Waals surface area (Å²) in [6, 6.07) is 0. The van der Waals surface area contributed by atoms with Gasteiger partial charge in [-0.15, -0.1) is 0 Å². The van der Waals surface area contributed by atoms with Crippen molar-refractivity contribution in [2.45, 2.75) is 57.3 Å². The van der Waals surface area contributed by atoms with Crippen LogP contribution in [0.15, 0.2) is 0 Å². The van der Waals surface area contributed by atoms with E-state index in [1.807, 2.05) is 0 Å². The third kappa shape index (κ3) is 2.50. The number of carbonyl (C=O) groups is 1. The Labute approximate surface area is 105 Å². The highest BCUT2D eigenvalue weighted by molar-refractivity contribution is 5.66. The summed E-state index contributed by atoms with van der Waals surface area (Å²) in [4.78, 5) is 11.1. The summed E-state index contributed by atoms with van der Waals surface area (Å²) in [7, 11) is 0. The van der Waals surface area contributed by atoms with E-state index in [2.05, 4.69) is 0 Å². The standard InChI is InChI=1S/C11H18O7/c1-5(13)15-8-7(6(14)4-12)16-10-9(8)17-11(2,3)18-10/h6-10,12,14H,4H2,1-3H3/t6?,7-,8-,9+,10+/m0/s1. The van der Waals surface area contributed by atoms with E-state index in [9.17, 15) is 9.90 Å². The van der Waals surface area contributed by atoms with E-state index in [0.717, 1.165) is 0 Å². The van der Waals surface area contributed by atoms with Crippen molar-refractivity contribution in [2.24, 2.45) is 0 Å². The van der Waals surface area contributed by atoms with E-state index < -0.39 is 49.1 Å². The SMILES string of the molecule is CC(=O)O[C@@H]1[C@H]2OC(C)(C)O[C@H]2O[C@H]1C(O)CO. The second-order valence-electron chi connectivity index (χ2n) is 4.89. The number of hydrogen-bond acceptors (Lipinski definition) is 7. The summed E-state index contributed by atoms with van der Waals surface area (Å²) in [6.07, 6.45) is -4.12. The van der Waals surface area contributed by atoms with Gasteiger partial charge in [0.05, 0.1) is 6.61 Å². The van der Waals surface area contributed by atoms with Crippen molar-refractivity contribution in [2.75, 3.05) is 6.61 Å². The lowest BCUT2D eigenvalue weighted by Gasteiger charge is -2.27. The third-order valence-electron chi connectivity index (χ3n) is 2.90. The molecule has 104 valence electrons. The molecule has 0 aromatic heterocycles. The highest BCUT2D eigenvalue weighted by Gasteiger charge is 2.57. The molecule has 18 heavy (non-hydrogen) atoms. The lowest BCUT2D eigenvalue weighted by molar-refractivity contribution is -0.230. The molecule has 7 nitrogen and oxygen atoms in total. The zero-order valence-corrected chi connectivity index (χ0v) is 10.5. The molecule has 0 saturated carbocycles. The van der Waals surface area contributed by atoms with Crippen molar-refractivity contribution in [3.8, 4) is 0 Å². The van der Waals surface area contributed by atoms with Crippen LogP contribution in [0.4, 0.5) is 0 Å². The van der Waals surface area contributed by atoms with Crippen molar-refractivity contribution in [1.82, 2.24) is 0 Å². The van der Waals surface area contributed by atoms with Gasteiger partial charge in [-0.1, -0.05) is 0 Å². The van der Waals surface area contributed by atoms with Gasteiger partial charge in [0.15, 0.2) is 24.3 Å². The van der Waals surface area contributed by atoms with Gasteiger partial charge in [0.25, 0.3) is 0 Å². The lowest BCUT2D eigenvalue weighted by Crippen LogP contribution is -2.44. The minimum Gasteiger partial charge on any atom is -0.457 e. The van der Waals surface area contributed by atoms with Crippen LogP contribution in [0.3, 0.4) is 0 Å². The zero-order valence-electron chi connectivity index (χ0n) is 10.5. The van der Waals surface area contributed by atoms with E-state index in [1.165, 1.54) is 6.92 Å². The van der Waals surface area contributed by atoms with Gasteiger partial charge in [0.2, 0.25) is 0 Å². The Bertz CT molecular complexity index is 329. The van der Waals surface area contributed by atoms with Crippen LogP contribution in [0.1, 0.15) is 20.8 Å². The molecule has 2 heterocycles. The molecule has 2 aliphatic rings. The Morgan fingerprint density at radius 3 is 2.67 bits per heavy atom. The van der Waals surface area contributed by atoms with Crippen molar-refractivity contribution in [1.29, 1.82) is 0 Å². The van der Waals surface area contributed by atoms with Gasteiger partial charge >= 0.3 is 5.97 Å². The molecule has 5 atom stereocenters. The van der Waals surface area contributed by atoms with Crippen LogP contribution in [-0.2, 0) is 23.7 Å².